The van der Waals surface area contributed by atoms with Gasteiger partial charge in [-0.25, -0.2) is 21.6 Å². The number of sulfonamides is 1. The van der Waals surface area contributed by atoms with Crippen LogP contribution in [-0.2, 0) is 25.6 Å². The molecule has 2 aromatic rings. The Kier molecular flexibility index (Phi) is 5.79. The Bertz CT molecular complexity index is 868. The lowest BCUT2D eigenvalue weighted by atomic mass is 10.2. The molecule has 0 fully saturated rings. The number of rotatable bonds is 8. The molecule has 0 aliphatic carbocycles. The van der Waals surface area contributed by atoms with Gasteiger partial charge in [-0.15, -0.1) is 0 Å². The summed E-state index contributed by atoms with van der Waals surface area (Å²) in [5.74, 6) is 0.0629. The van der Waals surface area contributed by atoms with Gasteiger partial charge in [0.1, 0.15) is 10.6 Å². The van der Waals surface area contributed by atoms with Gasteiger partial charge in [0.2, 0.25) is 10.0 Å². The van der Waals surface area contributed by atoms with Crippen LogP contribution < -0.4 is 4.72 Å². The largest absolute Gasteiger partial charge is 0.360 e. The van der Waals surface area contributed by atoms with Crippen LogP contribution in [0.1, 0.15) is 23.4 Å². The summed E-state index contributed by atoms with van der Waals surface area (Å²) in [6.45, 7) is 3.08. The first-order valence-electron chi connectivity index (χ1n) is 7.38. The highest BCUT2D eigenvalue weighted by Crippen LogP contribution is 2.18. The van der Waals surface area contributed by atoms with Gasteiger partial charge in [-0.3, -0.25) is 0 Å². The fourth-order valence-electron chi connectivity index (χ4n) is 2.33. The van der Waals surface area contributed by atoms with E-state index >= 15 is 0 Å². The molecule has 0 aliphatic rings. The maximum Gasteiger partial charge on any atom is 0.245 e. The molecule has 0 saturated heterocycles. The number of nitrogens with one attached hydrogen (secondary N) is 1. The Morgan fingerprint density at radius 3 is 2.33 bits per heavy atom. The van der Waals surface area contributed by atoms with E-state index in [1.54, 1.807) is 24.3 Å². The topological polar surface area (TPSA) is 106 Å². The van der Waals surface area contributed by atoms with Gasteiger partial charge in [0.15, 0.2) is 15.6 Å². The number of nitrogens with zero attached hydrogens (tertiary/aromatic N) is 1. The monoisotopic (exact) mass is 372 g/mol. The predicted molar refractivity (Wildman–Crippen MR) is 89.7 cm³/mol. The van der Waals surface area contributed by atoms with Gasteiger partial charge in [0.25, 0.3) is 0 Å². The van der Waals surface area contributed by atoms with Gasteiger partial charge in [0.05, 0.1) is 11.5 Å². The maximum absolute atomic E-state index is 12.2. The predicted octanol–water partition coefficient (Wildman–Crippen LogP) is 1.57. The minimum Gasteiger partial charge on any atom is -0.360 e. The molecule has 24 heavy (non-hydrogen) atoms. The molecule has 1 aromatic carbocycles. The van der Waals surface area contributed by atoms with Crippen molar-refractivity contribution in [3.63, 3.8) is 0 Å². The third kappa shape index (κ3) is 4.89. The first kappa shape index (κ1) is 18.6. The summed E-state index contributed by atoms with van der Waals surface area (Å²) in [6.07, 6.45) is 0.192. The molecule has 0 amide bonds. The van der Waals surface area contributed by atoms with Crippen LogP contribution in [0.5, 0.6) is 0 Å². The van der Waals surface area contributed by atoms with Crippen molar-refractivity contribution in [3.05, 3.63) is 47.3 Å². The normalized spacial score (nSPS) is 12.4. The number of hydrogen-bond donors (Lipinski definition) is 1. The highest BCUT2D eigenvalue weighted by molar-refractivity contribution is 7.90. The first-order valence-corrected chi connectivity index (χ1v) is 10.7. The second-order valence-electron chi connectivity index (χ2n) is 5.48. The molecule has 1 aromatic heterocycles. The van der Waals surface area contributed by atoms with Crippen LogP contribution in [0.3, 0.4) is 0 Å². The summed E-state index contributed by atoms with van der Waals surface area (Å²) < 4.78 is 55.7. The average molecular weight is 372 g/mol. The third-order valence-electron chi connectivity index (χ3n) is 3.39. The van der Waals surface area contributed by atoms with Gasteiger partial charge in [-0.2, -0.15) is 0 Å². The van der Waals surface area contributed by atoms with Gasteiger partial charge in [-0.1, -0.05) is 35.5 Å². The summed E-state index contributed by atoms with van der Waals surface area (Å²) in [7, 11) is -7.04. The lowest BCUT2D eigenvalue weighted by Crippen LogP contribution is -2.27. The first-order chi connectivity index (χ1) is 11.2. The van der Waals surface area contributed by atoms with Gasteiger partial charge < -0.3 is 4.52 Å². The average Bonchev–Trinajstić information content (AvgIpc) is 2.84. The molecule has 0 unspecified atom stereocenters. The number of aryl methyl sites for hydroxylation is 2. The smallest absolute Gasteiger partial charge is 0.245 e. The number of benzene rings is 1. The Morgan fingerprint density at radius 1 is 1.08 bits per heavy atom. The van der Waals surface area contributed by atoms with E-state index in [2.05, 4.69) is 9.88 Å². The standard InChI is InChI=1S/C15H20N2O5S2/c1-12-15(13(2)22-17-12)24(20,21)16-9-6-10-23(18,19)11-14-7-4-3-5-8-14/h3-5,7-8,16H,6,9-11H2,1-2H3. The zero-order valence-electron chi connectivity index (χ0n) is 13.5. The molecule has 0 spiro atoms. The number of sulfone groups is 1. The second kappa shape index (κ2) is 7.45. The fourth-order valence-corrected chi connectivity index (χ4v) is 5.16. The van der Waals surface area contributed by atoms with Crippen molar-refractivity contribution in [3.8, 4) is 0 Å². The van der Waals surface area contributed by atoms with E-state index in [-0.39, 0.29) is 40.8 Å². The van der Waals surface area contributed by atoms with E-state index in [0.717, 1.165) is 0 Å². The molecular formula is C15H20N2O5S2. The third-order valence-corrected chi connectivity index (χ3v) is 6.78. The highest BCUT2D eigenvalue weighted by Gasteiger charge is 2.23. The summed E-state index contributed by atoms with van der Waals surface area (Å²) >= 11 is 0. The zero-order valence-corrected chi connectivity index (χ0v) is 15.2. The van der Waals surface area contributed by atoms with Crippen molar-refractivity contribution >= 4 is 19.9 Å². The van der Waals surface area contributed by atoms with Crippen molar-refractivity contribution in [2.45, 2.75) is 30.9 Å². The quantitative estimate of drug-likeness (QED) is 0.705. The van der Waals surface area contributed by atoms with Crippen LogP contribution in [0.2, 0.25) is 0 Å². The lowest BCUT2D eigenvalue weighted by Gasteiger charge is -2.07. The molecule has 132 valence electrons. The van der Waals surface area contributed by atoms with Gasteiger partial charge in [-0.05, 0) is 25.8 Å². The Hall–Kier alpha value is -1.71. The van der Waals surface area contributed by atoms with E-state index in [4.69, 9.17) is 4.52 Å². The lowest BCUT2D eigenvalue weighted by molar-refractivity contribution is 0.390. The Balaban J connectivity index is 1.88. The highest BCUT2D eigenvalue weighted by atomic mass is 32.2. The molecule has 7 nitrogen and oxygen atoms in total. The number of aromatic nitrogens is 1. The van der Waals surface area contributed by atoms with E-state index < -0.39 is 19.9 Å². The summed E-state index contributed by atoms with van der Waals surface area (Å²) in [6, 6.07) is 8.88. The minimum absolute atomic E-state index is 0.00893. The molecule has 0 radical (unpaired) electrons. The molecule has 1 heterocycles. The van der Waals surface area contributed by atoms with Crippen LogP contribution in [0.25, 0.3) is 0 Å². The molecule has 1 N–H and O–H groups in total. The van der Waals surface area contributed by atoms with Crippen molar-refractivity contribution in [1.82, 2.24) is 9.88 Å². The van der Waals surface area contributed by atoms with Crippen LogP contribution in [0.15, 0.2) is 39.8 Å². The molecule has 0 bridgehead atoms. The molecule has 9 heteroatoms. The van der Waals surface area contributed by atoms with E-state index in [1.165, 1.54) is 13.8 Å². The van der Waals surface area contributed by atoms with Crippen molar-refractivity contribution in [1.29, 1.82) is 0 Å². The van der Waals surface area contributed by atoms with Crippen LogP contribution in [0, 0.1) is 13.8 Å². The van der Waals surface area contributed by atoms with Crippen molar-refractivity contribution in [2.75, 3.05) is 12.3 Å². The Morgan fingerprint density at radius 2 is 1.75 bits per heavy atom. The van der Waals surface area contributed by atoms with Crippen LogP contribution in [0.4, 0.5) is 0 Å². The van der Waals surface area contributed by atoms with E-state index in [9.17, 15) is 16.8 Å². The second-order valence-corrected chi connectivity index (χ2v) is 9.37. The van der Waals surface area contributed by atoms with Crippen molar-refractivity contribution in [2.24, 2.45) is 0 Å². The molecule has 0 saturated carbocycles. The van der Waals surface area contributed by atoms with Crippen LogP contribution >= 0.6 is 0 Å². The van der Waals surface area contributed by atoms with E-state index in [1.807, 2.05) is 6.07 Å². The van der Waals surface area contributed by atoms with Gasteiger partial charge >= 0.3 is 0 Å². The number of hydrogen-bond acceptors (Lipinski definition) is 6. The summed E-state index contributed by atoms with van der Waals surface area (Å²) in [4.78, 5) is 0.00893. The minimum atomic E-state index is -3.76. The molecule has 0 aliphatic heterocycles. The zero-order chi connectivity index (χ0) is 17.8. The maximum atomic E-state index is 12.2. The van der Waals surface area contributed by atoms with Crippen molar-refractivity contribution < 1.29 is 21.4 Å². The van der Waals surface area contributed by atoms with Gasteiger partial charge in [0, 0.05) is 6.54 Å². The SMILES string of the molecule is Cc1noc(C)c1S(=O)(=O)NCCCS(=O)(=O)Cc1ccccc1. The Labute approximate surface area is 142 Å². The summed E-state index contributed by atoms with van der Waals surface area (Å²) in [5.41, 5.74) is 0.991. The summed E-state index contributed by atoms with van der Waals surface area (Å²) in [5, 5.41) is 3.61. The fraction of sp³-hybridized carbons (Fsp3) is 0.400. The van der Waals surface area contributed by atoms with E-state index in [0.29, 0.717) is 5.56 Å². The van der Waals surface area contributed by atoms with Crippen LogP contribution in [-0.4, -0.2) is 34.3 Å². The molecular weight excluding hydrogens is 352 g/mol. The molecule has 2 rings (SSSR count). The molecule has 0 atom stereocenters.